The number of hydrogen-bond acceptors (Lipinski definition) is 4. The van der Waals surface area contributed by atoms with Crippen LogP contribution in [0.5, 0.6) is 0 Å². The Kier molecular flexibility index (Phi) is 3.68. The third kappa shape index (κ3) is 3.21. The summed E-state index contributed by atoms with van der Waals surface area (Å²) >= 11 is 0. The van der Waals surface area contributed by atoms with Crippen LogP contribution in [0.15, 0.2) is 33.7 Å². The zero-order chi connectivity index (χ0) is 13.9. The molecule has 0 aliphatic heterocycles. The fourth-order valence-corrected chi connectivity index (χ4v) is 1.40. The molecular formula is C11H7BF3N3O. The monoisotopic (exact) mass is 265 g/mol. The molecule has 96 valence electrons. The third-order valence-corrected chi connectivity index (χ3v) is 2.31. The summed E-state index contributed by atoms with van der Waals surface area (Å²) < 4.78 is 41.0. The van der Waals surface area contributed by atoms with Crippen LogP contribution < -0.4 is 0 Å². The molecule has 1 aromatic heterocycles. The molecular weight excluding hydrogens is 258 g/mol. The molecule has 0 N–H and O–H groups in total. The predicted octanol–water partition coefficient (Wildman–Crippen LogP) is 2.45. The Morgan fingerprint density at radius 1 is 1.26 bits per heavy atom. The van der Waals surface area contributed by atoms with Crippen molar-refractivity contribution in [3.63, 3.8) is 0 Å². The van der Waals surface area contributed by atoms with Crippen LogP contribution in [-0.4, -0.2) is 24.3 Å². The number of halogens is 3. The molecule has 1 heterocycles. The molecule has 0 saturated carbocycles. The summed E-state index contributed by atoms with van der Waals surface area (Å²) in [6.45, 7) is 0. The summed E-state index contributed by atoms with van der Waals surface area (Å²) in [5.74, 6) is -1.46. The molecule has 19 heavy (non-hydrogen) atoms. The van der Waals surface area contributed by atoms with Gasteiger partial charge in [0.1, 0.15) is 0 Å². The van der Waals surface area contributed by atoms with Gasteiger partial charge in [-0.15, -0.1) is 0 Å². The molecule has 4 nitrogen and oxygen atoms in total. The minimum Gasteiger partial charge on any atom is -0.367 e. The van der Waals surface area contributed by atoms with Gasteiger partial charge in [0.25, 0.3) is 7.98 Å². The molecule has 0 saturated heterocycles. The lowest BCUT2D eigenvalue weighted by atomic mass is 10.1. The lowest BCUT2D eigenvalue weighted by Crippen LogP contribution is -2.04. The molecule has 0 atom stereocenters. The van der Waals surface area contributed by atoms with Gasteiger partial charge < -0.3 is 9.43 Å². The SMILES string of the molecule is [B]N=CCc1ccc(-c2noc(C(F)(F)F)n2)cc1. The number of rotatable bonds is 3. The van der Waals surface area contributed by atoms with Crippen molar-refractivity contribution in [3.8, 4) is 11.4 Å². The molecule has 8 heteroatoms. The molecule has 0 unspecified atom stereocenters. The number of nitrogens with zero attached hydrogens (tertiary/aromatic N) is 3. The highest BCUT2D eigenvalue weighted by molar-refractivity contribution is 6.09. The van der Waals surface area contributed by atoms with Crippen LogP contribution in [0.25, 0.3) is 11.4 Å². The Morgan fingerprint density at radius 2 is 1.95 bits per heavy atom. The molecule has 0 aliphatic carbocycles. The highest BCUT2D eigenvalue weighted by Crippen LogP contribution is 2.29. The molecule has 0 amide bonds. The summed E-state index contributed by atoms with van der Waals surface area (Å²) in [6.07, 6.45) is -2.58. The second kappa shape index (κ2) is 5.25. The van der Waals surface area contributed by atoms with E-state index in [0.717, 1.165) is 5.56 Å². The molecule has 0 bridgehead atoms. The van der Waals surface area contributed by atoms with E-state index in [1.54, 1.807) is 24.3 Å². The van der Waals surface area contributed by atoms with Crippen LogP contribution in [0.2, 0.25) is 0 Å². The maximum Gasteiger partial charge on any atom is 0.471 e. The van der Waals surface area contributed by atoms with E-state index in [1.807, 2.05) is 0 Å². The fourth-order valence-electron chi connectivity index (χ4n) is 1.40. The van der Waals surface area contributed by atoms with Gasteiger partial charge in [0.05, 0.1) is 0 Å². The van der Waals surface area contributed by atoms with Gasteiger partial charge in [-0.1, -0.05) is 29.4 Å². The van der Waals surface area contributed by atoms with E-state index in [1.165, 1.54) is 6.21 Å². The van der Waals surface area contributed by atoms with Crippen LogP contribution in [0.3, 0.4) is 0 Å². The smallest absolute Gasteiger partial charge is 0.367 e. The van der Waals surface area contributed by atoms with E-state index in [-0.39, 0.29) is 5.82 Å². The normalized spacial score (nSPS) is 12.2. The Balaban J connectivity index is 2.20. The Morgan fingerprint density at radius 3 is 2.47 bits per heavy atom. The van der Waals surface area contributed by atoms with Gasteiger partial charge in [0, 0.05) is 12.0 Å². The summed E-state index contributed by atoms with van der Waals surface area (Å²) in [5.41, 5.74) is 1.35. The molecule has 2 aromatic rings. The zero-order valence-electron chi connectivity index (χ0n) is 9.55. The van der Waals surface area contributed by atoms with Crippen LogP contribution in [0, 0.1) is 0 Å². The van der Waals surface area contributed by atoms with Crippen molar-refractivity contribution in [1.82, 2.24) is 10.1 Å². The maximum absolute atomic E-state index is 12.3. The van der Waals surface area contributed by atoms with Gasteiger partial charge in [-0.05, 0) is 11.8 Å². The lowest BCUT2D eigenvalue weighted by Gasteiger charge is -1.98. The van der Waals surface area contributed by atoms with E-state index < -0.39 is 12.1 Å². The number of benzene rings is 1. The molecule has 0 aliphatic rings. The van der Waals surface area contributed by atoms with Crippen LogP contribution in [0.4, 0.5) is 13.2 Å². The summed E-state index contributed by atoms with van der Waals surface area (Å²) in [4.78, 5) is 6.65. The minimum absolute atomic E-state index is 0.105. The predicted molar refractivity (Wildman–Crippen MR) is 62.7 cm³/mol. The van der Waals surface area contributed by atoms with Crippen molar-refractivity contribution in [3.05, 3.63) is 35.7 Å². The minimum atomic E-state index is -4.64. The van der Waals surface area contributed by atoms with Crippen molar-refractivity contribution >= 4 is 14.2 Å². The van der Waals surface area contributed by atoms with E-state index >= 15 is 0 Å². The number of alkyl halides is 3. The van der Waals surface area contributed by atoms with Gasteiger partial charge >= 0.3 is 12.1 Å². The Labute approximate surface area is 107 Å². The number of aromatic nitrogens is 2. The molecule has 2 rings (SSSR count). The van der Waals surface area contributed by atoms with Crippen molar-refractivity contribution < 1.29 is 17.7 Å². The van der Waals surface area contributed by atoms with Crippen LogP contribution in [0.1, 0.15) is 11.5 Å². The van der Waals surface area contributed by atoms with E-state index in [9.17, 15) is 13.2 Å². The van der Waals surface area contributed by atoms with Crippen molar-refractivity contribution in [2.75, 3.05) is 0 Å². The van der Waals surface area contributed by atoms with Crippen molar-refractivity contribution in [1.29, 1.82) is 0 Å². The fraction of sp³-hybridized carbons (Fsp3) is 0.182. The quantitative estimate of drug-likeness (QED) is 0.632. The molecule has 0 fully saturated rings. The average molecular weight is 265 g/mol. The van der Waals surface area contributed by atoms with Gasteiger partial charge in [-0.2, -0.15) is 18.2 Å². The van der Waals surface area contributed by atoms with E-state index in [0.29, 0.717) is 12.0 Å². The summed E-state index contributed by atoms with van der Waals surface area (Å²) in [5, 5.41) is 3.29. The van der Waals surface area contributed by atoms with Crippen LogP contribution >= 0.6 is 0 Å². The van der Waals surface area contributed by atoms with Crippen molar-refractivity contribution in [2.45, 2.75) is 12.6 Å². The topological polar surface area (TPSA) is 51.3 Å². The Hall–Kier alpha value is -2.12. The zero-order valence-corrected chi connectivity index (χ0v) is 9.55. The molecule has 1 aromatic carbocycles. The van der Waals surface area contributed by atoms with Gasteiger partial charge in [0.2, 0.25) is 5.82 Å². The lowest BCUT2D eigenvalue weighted by molar-refractivity contribution is -0.159. The molecule has 0 spiro atoms. The van der Waals surface area contributed by atoms with Gasteiger partial charge in [-0.25, -0.2) is 0 Å². The summed E-state index contributed by atoms with van der Waals surface area (Å²) in [7, 11) is 4.97. The van der Waals surface area contributed by atoms with E-state index in [2.05, 4.69) is 19.6 Å². The van der Waals surface area contributed by atoms with Crippen molar-refractivity contribution in [2.24, 2.45) is 4.90 Å². The highest BCUT2D eigenvalue weighted by Gasteiger charge is 2.38. The van der Waals surface area contributed by atoms with Gasteiger partial charge in [-0.3, -0.25) is 0 Å². The standard InChI is InChI=1S/C11H7BF3N3O/c12-16-6-5-7-1-3-8(4-2-7)9-17-10(19-18-9)11(13,14)15/h1-4,6H,5H2. The maximum atomic E-state index is 12.3. The first-order valence-corrected chi connectivity index (χ1v) is 5.22. The molecule has 2 radical (unpaired) electrons. The largest absolute Gasteiger partial charge is 0.471 e. The van der Waals surface area contributed by atoms with Crippen LogP contribution in [-0.2, 0) is 12.6 Å². The highest BCUT2D eigenvalue weighted by atomic mass is 19.4. The first kappa shape index (κ1) is 13.3. The second-order valence-electron chi connectivity index (χ2n) is 3.65. The second-order valence-corrected chi connectivity index (χ2v) is 3.65. The van der Waals surface area contributed by atoms with Gasteiger partial charge in [0.15, 0.2) is 0 Å². The first-order valence-electron chi connectivity index (χ1n) is 5.22. The summed E-state index contributed by atoms with van der Waals surface area (Å²) in [6, 6.07) is 6.65. The average Bonchev–Trinajstić information content (AvgIpc) is 2.86. The third-order valence-electron chi connectivity index (χ3n) is 2.31. The number of hydrogen-bond donors (Lipinski definition) is 0. The first-order chi connectivity index (χ1) is 9.00. The Bertz CT molecular complexity index is 578. The van der Waals surface area contributed by atoms with E-state index in [4.69, 9.17) is 7.98 Å².